The first kappa shape index (κ1) is 20.6. The fraction of sp³-hybridized carbons (Fsp3) is 0.333. The van der Waals surface area contributed by atoms with Gasteiger partial charge in [0.25, 0.3) is 5.91 Å². The van der Waals surface area contributed by atoms with Crippen molar-refractivity contribution in [2.75, 3.05) is 19.0 Å². The van der Waals surface area contributed by atoms with E-state index in [1.807, 2.05) is 14.1 Å². The first-order valence-electron chi connectivity index (χ1n) is 9.77. The molecule has 2 aromatic heterocycles. The van der Waals surface area contributed by atoms with Crippen molar-refractivity contribution in [1.29, 1.82) is 0 Å². The van der Waals surface area contributed by atoms with E-state index in [0.717, 1.165) is 40.9 Å². The van der Waals surface area contributed by atoms with Gasteiger partial charge >= 0.3 is 11.9 Å². The van der Waals surface area contributed by atoms with Crippen LogP contribution in [0.15, 0.2) is 35.0 Å². The summed E-state index contributed by atoms with van der Waals surface area (Å²) in [7, 11) is 4.02. The Hall–Kier alpha value is -3.66. The van der Waals surface area contributed by atoms with Crippen LogP contribution in [-0.2, 0) is 22.4 Å². The van der Waals surface area contributed by atoms with Crippen molar-refractivity contribution >= 4 is 34.5 Å². The lowest BCUT2D eigenvalue weighted by Gasteiger charge is -2.28. The number of imidazole rings is 1. The monoisotopic (exact) mass is 426 g/mol. The molecule has 1 amide bonds. The summed E-state index contributed by atoms with van der Waals surface area (Å²) >= 11 is 0. The quantitative estimate of drug-likeness (QED) is 0.507. The van der Waals surface area contributed by atoms with E-state index in [0.29, 0.717) is 11.6 Å². The van der Waals surface area contributed by atoms with Gasteiger partial charge in [0, 0.05) is 41.5 Å². The highest BCUT2D eigenvalue weighted by molar-refractivity contribution is 6.14. The largest absolute Gasteiger partial charge is 0.479 e. The number of anilines is 1. The zero-order chi connectivity index (χ0) is 22.3. The third-order valence-electron chi connectivity index (χ3n) is 5.66. The van der Waals surface area contributed by atoms with E-state index >= 15 is 0 Å². The van der Waals surface area contributed by atoms with Crippen LogP contribution >= 0.6 is 0 Å². The van der Waals surface area contributed by atoms with Gasteiger partial charge in [0.2, 0.25) is 6.04 Å². The molecule has 4 rings (SSSR count). The predicted molar refractivity (Wildman–Crippen MR) is 110 cm³/mol. The van der Waals surface area contributed by atoms with Crippen molar-refractivity contribution < 1.29 is 29.0 Å². The highest BCUT2D eigenvalue weighted by atomic mass is 16.4. The van der Waals surface area contributed by atoms with Crippen LogP contribution in [0, 0.1) is 0 Å². The number of nitrogens with one attached hydrogen (secondary N) is 1. The van der Waals surface area contributed by atoms with Crippen LogP contribution in [0.3, 0.4) is 0 Å². The van der Waals surface area contributed by atoms with E-state index in [9.17, 15) is 24.6 Å². The second-order valence-electron chi connectivity index (χ2n) is 7.74. The number of carboxylic acids is 2. The van der Waals surface area contributed by atoms with E-state index in [2.05, 4.69) is 14.9 Å². The van der Waals surface area contributed by atoms with Crippen molar-refractivity contribution in [3.05, 3.63) is 47.7 Å². The van der Waals surface area contributed by atoms with Gasteiger partial charge in [-0.3, -0.25) is 9.69 Å². The molecule has 0 aliphatic heterocycles. The molecule has 0 fully saturated rings. The third-order valence-corrected chi connectivity index (χ3v) is 5.66. The molecule has 31 heavy (non-hydrogen) atoms. The van der Waals surface area contributed by atoms with Crippen LogP contribution in [0.4, 0.5) is 5.69 Å². The maximum atomic E-state index is 13.0. The van der Waals surface area contributed by atoms with Gasteiger partial charge in [0.05, 0.1) is 0 Å². The summed E-state index contributed by atoms with van der Waals surface area (Å²) in [6, 6.07) is 2.95. The van der Waals surface area contributed by atoms with Crippen molar-refractivity contribution in [1.82, 2.24) is 14.9 Å². The van der Waals surface area contributed by atoms with E-state index in [-0.39, 0.29) is 11.5 Å². The molecular weight excluding hydrogens is 404 g/mol. The SMILES string of the molecule is CN(C)C1CCc2oc3ccc(N(C(=O)c4ncc[nH]4)C(C(=O)O)C(=O)O)cc3c2C1. The minimum atomic E-state index is -2.12. The van der Waals surface area contributed by atoms with Crippen molar-refractivity contribution in [3.63, 3.8) is 0 Å². The summed E-state index contributed by atoms with van der Waals surface area (Å²) in [5.74, 6) is -3.47. The molecule has 10 heteroatoms. The van der Waals surface area contributed by atoms with E-state index in [4.69, 9.17) is 4.42 Å². The molecule has 0 radical (unpaired) electrons. The van der Waals surface area contributed by atoms with Crippen LogP contribution in [0.1, 0.15) is 28.4 Å². The zero-order valence-electron chi connectivity index (χ0n) is 17.0. The number of aromatic nitrogens is 2. The molecule has 3 aromatic rings. The maximum absolute atomic E-state index is 13.0. The molecule has 2 heterocycles. The number of likely N-dealkylation sites (N-methyl/N-ethyl adjacent to an activating group) is 1. The van der Waals surface area contributed by atoms with Gasteiger partial charge in [-0.25, -0.2) is 14.6 Å². The number of carbonyl (C=O) groups is 3. The van der Waals surface area contributed by atoms with Crippen LogP contribution in [-0.4, -0.2) is 69.1 Å². The normalized spacial score (nSPS) is 15.9. The highest BCUT2D eigenvalue weighted by Gasteiger charge is 2.39. The number of nitrogens with zero attached hydrogens (tertiary/aromatic N) is 3. The van der Waals surface area contributed by atoms with Crippen molar-refractivity contribution in [2.24, 2.45) is 0 Å². The molecule has 162 valence electrons. The molecule has 0 saturated carbocycles. The number of benzene rings is 1. The third kappa shape index (κ3) is 3.66. The lowest BCUT2D eigenvalue weighted by atomic mass is 9.91. The van der Waals surface area contributed by atoms with Gasteiger partial charge in [-0.1, -0.05) is 0 Å². The Balaban J connectivity index is 1.84. The number of carboxylic acid groups (broad SMARTS) is 2. The van der Waals surface area contributed by atoms with Crippen LogP contribution in [0.25, 0.3) is 11.0 Å². The second-order valence-corrected chi connectivity index (χ2v) is 7.74. The molecular formula is C21H22N4O6. The van der Waals surface area contributed by atoms with Gasteiger partial charge in [0.15, 0.2) is 5.82 Å². The van der Waals surface area contributed by atoms with Gasteiger partial charge in [-0.05, 0) is 45.1 Å². The number of amides is 1. The first-order chi connectivity index (χ1) is 14.8. The fourth-order valence-electron chi connectivity index (χ4n) is 4.05. The number of hydrogen-bond donors (Lipinski definition) is 3. The van der Waals surface area contributed by atoms with Crippen LogP contribution in [0.2, 0.25) is 0 Å². The standard InChI is InChI=1S/C21H22N4O6/c1-24(2)11-3-5-15-13(9-11)14-10-12(4-6-16(14)31-15)25(17(20(27)28)21(29)30)19(26)18-22-7-8-23-18/h4,6-8,10-11,17H,3,5,9H2,1-2H3,(H,22,23)(H,27,28)(H,29,30). The summed E-state index contributed by atoms with van der Waals surface area (Å²) < 4.78 is 5.97. The number of aryl methyl sites for hydroxylation is 1. The Morgan fingerprint density at radius 3 is 2.58 bits per heavy atom. The van der Waals surface area contributed by atoms with Crippen molar-refractivity contribution in [3.8, 4) is 0 Å². The number of hydrogen-bond acceptors (Lipinski definition) is 6. The van der Waals surface area contributed by atoms with E-state index in [1.165, 1.54) is 18.5 Å². The number of aliphatic carboxylic acids is 2. The number of fused-ring (bicyclic) bond motifs is 3. The molecule has 1 aliphatic carbocycles. The Morgan fingerprint density at radius 2 is 1.97 bits per heavy atom. The fourth-order valence-corrected chi connectivity index (χ4v) is 4.05. The smallest absolute Gasteiger partial charge is 0.338 e. The Kier molecular flexibility index (Phi) is 5.24. The summed E-state index contributed by atoms with van der Waals surface area (Å²) in [5, 5.41) is 19.8. The Morgan fingerprint density at radius 1 is 1.23 bits per heavy atom. The molecule has 0 spiro atoms. The van der Waals surface area contributed by atoms with Crippen molar-refractivity contribution in [2.45, 2.75) is 31.3 Å². The van der Waals surface area contributed by atoms with Gasteiger partial charge in [-0.2, -0.15) is 0 Å². The summed E-state index contributed by atoms with van der Waals surface area (Å²) in [4.78, 5) is 45.9. The van der Waals surface area contributed by atoms with E-state index in [1.54, 1.807) is 12.1 Å². The van der Waals surface area contributed by atoms with Gasteiger partial charge < -0.3 is 24.5 Å². The number of aromatic amines is 1. The summed E-state index contributed by atoms with van der Waals surface area (Å²) in [6.45, 7) is 0. The Bertz CT molecular complexity index is 1140. The topological polar surface area (TPSA) is 140 Å². The van der Waals surface area contributed by atoms with Gasteiger partial charge in [0.1, 0.15) is 11.3 Å². The lowest BCUT2D eigenvalue weighted by molar-refractivity contribution is -0.149. The first-order valence-corrected chi connectivity index (χ1v) is 9.77. The maximum Gasteiger partial charge on any atom is 0.338 e. The van der Waals surface area contributed by atoms with Gasteiger partial charge in [-0.15, -0.1) is 0 Å². The minimum absolute atomic E-state index is 0.138. The summed E-state index contributed by atoms with van der Waals surface area (Å²) in [5.41, 5.74) is 1.74. The minimum Gasteiger partial charge on any atom is -0.479 e. The second kappa shape index (κ2) is 7.88. The average Bonchev–Trinajstić information content (AvgIpc) is 3.37. The molecule has 3 N–H and O–H groups in total. The lowest BCUT2D eigenvalue weighted by Crippen LogP contribution is -2.50. The van der Waals surface area contributed by atoms with Crippen LogP contribution < -0.4 is 4.90 Å². The van der Waals surface area contributed by atoms with E-state index < -0.39 is 23.9 Å². The molecule has 1 atom stereocenters. The number of carbonyl (C=O) groups excluding carboxylic acids is 1. The average molecular weight is 426 g/mol. The molecule has 10 nitrogen and oxygen atoms in total. The summed E-state index contributed by atoms with van der Waals surface area (Å²) in [6.07, 6.45) is 5.20. The zero-order valence-corrected chi connectivity index (χ0v) is 17.0. The predicted octanol–water partition coefficient (Wildman–Crippen LogP) is 1.76. The number of H-pyrrole nitrogens is 1. The molecule has 1 aliphatic rings. The number of furan rings is 1. The Labute approximate surface area is 177 Å². The molecule has 1 aromatic carbocycles. The molecule has 0 bridgehead atoms. The molecule has 0 saturated heterocycles. The van der Waals surface area contributed by atoms with Crippen LogP contribution in [0.5, 0.6) is 0 Å². The number of rotatable bonds is 6. The molecule has 1 unspecified atom stereocenters. The highest BCUT2D eigenvalue weighted by Crippen LogP contribution is 2.35.